The topological polar surface area (TPSA) is 88.8 Å². The molecular weight excluding hydrogens is 526 g/mol. The van der Waals surface area contributed by atoms with E-state index in [9.17, 15) is 10.1 Å². The van der Waals surface area contributed by atoms with Crippen LogP contribution in [0.4, 0.5) is 11.5 Å². The molecule has 1 saturated carbocycles. The molecule has 3 aliphatic rings. The van der Waals surface area contributed by atoms with E-state index < -0.39 is 0 Å². The number of nitrogens with zero attached hydrogens (tertiary/aromatic N) is 7. The third-order valence-electron chi connectivity index (χ3n) is 8.81. The van der Waals surface area contributed by atoms with Gasteiger partial charge in [0.1, 0.15) is 5.82 Å². The average Bonchev–Trinajstić information content (AvgIpc) is 3.77. The first-order valence-corrected chi connectivity index (χ1v) is 14.8. The van der Waals surface area contributed by atoms with Gasteiger partial charge >= 0.3 is 6.01 Å². The van der Waals surface area contributed by atoms with E-state index in [-0.39, 0.29) is 23.8 Å². The third-order valence-corrected chi connectivity index (χ3v) is 8.81. The van der Waals surface area contributed by atoms with Crippen molar-refractivity contribution in [2.45, 2.75) is 38.3 Å². The Morgan fingerprint density at radius 2 is 1.95 bits per heavy atom. The first-order valence-electron chi connectivity index (χ1n) is 14.8. The van der Waals surface area contributed by atoms with E-state index in [1.165, 1.54) is 22.5 Å². The predicted octanol–water partition coefficient (Wildman–Crippen LogP) is 4.03. The number of ether oxygens (including phenoxy) is 1. The maximum Gasteiger partial charge on any atom is 0.318 e. The molecule has 0 radical (unpaired) electrons. The summed E-state index contributed by atoms with van der Waals surface area (Å²) in [6.45, 7) is 8.42. The molecule has 3 heterocycles. The van der Waals surface area contributed by atoms with Crippen LogP contribution in [0.15, 0.2) is 55.1 Å². The lowest BCUT2D eigenvalue weighted by Gasteiger charge is -2.42. The van der Waals surface area contributed by atoms with E-state index in [4.69, 9.17) is 14.7 Å². The number of fused-ring (bicyclic) bond motifs is 2. The monoisotopic (exact) mass is 565 g/mol. The Morgan fingerprint density at radius 1 is 1.14 bits per heavy atom. The molecule has 1 aliphatic carbocycles. The molecule has 1 amide bonds. The Balaban J connectivity index is 1.33. The van der Waals surface area contributed by atoms with Gasteiger partial charge in [-0.2, -0.15) is 15.2 Å². The molecule has 42 heavy (non-hydrogen) atoms. The lowest BCUT2D eigenvalue weighted by atomic mass is 10.0. The van der Waals surface area contributed by atoms with Crippen molar-refractivity contribution >= 4 is 28.2 Å². The standard InChI is InChI=1S/C33H39N7O2/c1-4-30(41)40-19-18-39(20-25(40)12-16-34)31-27-13-17-38(29-11-7-9-24-8-5-6-10-26(24)29)21-28(27)35-32(36-31)42-23-33(14-15-33)22-37(2)3/h4-11,25H,1,12-15,17-23H2,2-3H3/t25-/m0/s1. The molecule has 9 nitrogen and oxygen atoms in total. The van der Waals surface area contributed by atoms with Crippen LogP contribution in [-0.4, -0.2) is 85.1 Å². The first-order chi connectivity index (χ1) is 20.4. The van der Waals surface area contributed by atoms with Crippen LogP contribution in [0.1, 0.15) is 30.5 Å². The minimum absolute atomic E-state index is 0.134. The van der Waals surface area contributed by atoms with Gasteiger partial charge in [0.2, 0.25) is 5.91 Å². The zero-order valence-corrected chi connectivity index (χ0v) is 24.6. The van der Waals surface area contributed by atoms with Crippen molar-refractivity contribution in [3.63, 3.8) is 0 Å². The van der Waals surface area contributed by atoms with Crippen LogP contribution in [0.5, 0.6) is 6.01 Å². The summed E-state index contributed by atoms with van der Waals surface area (Å²) >= 11 is 0. The predicted molar refractivity (Wildman–Crippen MR) is 165 cm³/mol. The largest absolute Gasteiger partial charge is 0.463 e. The summed E-state index contributed by atoms with van der Waals surface area (Å²) in [7, 11) is 4.20. The highest BCUT2D eigenvalue weighted by Gasteiger charge is 2.44. The Kier molecular flexibility index (Phi) is 7.74. The summed E-state index contributed by atoms with van der Waals surface area (Å²) in [4.78, 5) is 31.1. The van der Waals surface area contributed by atoms with Crippen LogP contribution >= 0.6 is 0 Å². The van der Waals surface area contributed by atoms with Crippen molar-refractivity contribution in [3.8, 4) is 12.1 Å². The molecular formula is C33H39N7O2. The van der Waals surface area contributed by atoms with Crippen LogP contribution in [0.2, 0.25) is 0 Å². The van der Waals surface area contributed by atoms with E-state index in [0.29, 0.717) is 38.8 Å². The Hall–Kier alpha value is -4.16. The molecule has 1 aromatic heterocycles. The summed E-state index contributed by atoms with van der Waals surface area (Å²) in [6.07, 6.45) is 4.68. The summed E-state index contributed by atoms with van der Waals surface area (Å²) in [5.41, 5.74) is 3.47. The highest BCUT2D eigenvalue weighted by atomic mass is 16.5. The number of benzene rings is 2. The van der Waals surface area contributed by atoms with Gasteiger partial charge in [-0.15, -0.1) is 0 Å². The quantitative estimate of drug-likeness (QED) is 0.360. The Bertz CT molecular complexity index is 1520. The van der Waals surface area contributed by atoms with Gasteiger partial charge in [0.05, 0.1) is 37.4 Å². The second-order valence-corrected chi connectivity index (χ2v) is 12.1. The number of aromatic nitrogens is 2. The number of hydrogen-bond acceptors (Lipinski definition) is 8. The molecule has 2 aromatic carbocycles. The van der Waals surface area contributed by atoms with Crippen molar-refractivity contribution in [2.24, 2.45) is 5.41 Å². The average molecular weight is 566 g/mol. The van der Waals surface area contributed by atoms with Gasteiger partial charge < -0.3 is 24.3 Å². The molecule has 0 unspecified atom stereocenters. The summed E-state index contributed by atoms with van der Waals surface area (Å²) < 4.78 is 6.37. The van der Waals surface area contributed by atoms with Crippen molar-refractivity contribution in [1.82, 2.24) is 19.8 Å². The number of nitriles is 1. The molecule has 1 saturated heterocycles. The van der Waals surface area contributed by atoms with Gasteiger partial charge in [0, 0.05) is 54.8 Å². The van der Waals surface area contributed by atoms with Crippen molar-refractivity contribution in [2.75, 3.05) is 63.2 Å². The van der Waals surface area contributed by atoms with Gasteiger partial charge in [-0.3, -0.25) is 4.79 Å². The van der Waals surface area contributed by atoms with Gasteiger partial charge in [-0.25, -0.2) is 0 Å². The van der Waals surface area contributed by atoms with Gasteiger partial charge in [0.25, 0.3) is 0 Å². The van der Waals surface area contributed by atoms with E-state index in [1.54, 1.807) is 4.90 Å². The molecule has 6 rings (SSSR count). The van der Waals surface area contributed by atoms with E-state index in [1.807, 2.05) is 0 Å². The fourth-order valence-electron chi connectivity index (χ4n) is 6.55. The fourth-order valence-corrected chi connectivity index (χ4v) is 6.55. The number of carbonyl (C=O) groups is 1. The zero-order chi connectivity index (χ0) is 29.3. The number of anilines is 2. The normalized spacial score (nSPS) is 19.4. The second-order valence-electron chi connectivity index (χ2n) is 12.1. The number of piperazine rings is 1. The molecule has 0 N–H and O–H groups in total. The minimum atomic E-state index is -0.227. The molecule has 9 heteroatoms. The summed E-state index contributed by atoms with van der Waals surface area (Å²) in [6, 6.07) is 17.4. The van der Waals surface area contributed by atoms with Crippen LogP contribution in [0.3, 0.4) is 0 Å². The van der Waals surface area contributed by atoms with E-state index in [0.717, 1.165) is 49.4 Å². The SMILES string of the molecule is C=CC(=O)N1CCN(c2nc(OCC3(CN(C)C)CC3)nc3c2CCN(c2cccc4ccccc24)C3)C[C@@H]1CC#N. The Labute approximate surface area is 248 Å². The zero-order valence-electron chi connectivity index (χ0n) is 24.6. The molecule has 0 spiro atoms. The van der Waals surface area contributed by atoms with Crippen molar-refractivity contribution in [1.29, 1.82) is 5.26 Å². The number of carbonyl (C=O) groups excluding carboxylic acids is 1. The number of hydrogen-bond donors (Lipinski definition) is 0. The smallest absolute Gasteiger partial charge is 0.318 e. The van der Waals surface area contributed by atoms with Crippen LogP contribution in [0.25, 0.3) is 10.8 Å². The molecule has 2 aliphatic heterocycles. The van der Waals surface area contributed by atoms with Crippen molar-refractivity contribution < 1.29 is 9.53 Å². The lowest BCUT2D eigenvalue weighted by Crippen LogP contribution is -2.55. The fraction of sp³-hybridized carbons (Fsp3) is 0.455. The number of amides is 1. The van der Waals surface area contributed by atoms with Gasteiger partial charge in [0.15, 0.2) is 0 Å². The third kappa shape index (κ3) is 5.64. The van der Waals surface area contributed by atoms with E-state index in [2.05, 4.69) is 83.9 Å². The highest BCUT2D eigenvalue weighted by molar-refractivity contribution is 5.94. The first kappa shape index (κ1) is 28.0. The summed E-state index contributed by atoms with van der Waals surface area (Å²) in [5, 5.41) is 12.0. The van der Waals surface area contributed by atoms with E-state index >= 15 is 0 Å². The maximum absolute atomic E-state index is 12.5. The summed E-state index contributed by atoms with van der Waals surface area (Å²) in [5.74, 6) is 0.739. The van der Waals surface area contributed by atoms with Gasteiger partial charge in [-0.05, 0) is 50.9 Å². The molecule has 218 valence electrons. The van der Waals surface area contributed by atoms with Gasteiger partial charge in [-0.1, -0.05) is 43.0 Å². The van der Waals surface area contributed by atoms with Crippen LogP contribution in [0, 0.1) is 16.7 Å². The van der Waals surface area contributed by atoms with Crippen LogP contribution < -0.4 is 14.5 Å². The Morgan fingerprint density at radius 3 is 2.71 bits per heavy atom. The molecule has 1 atom stereocenters. The van der Waals surface area contributed by atoms with Crippen molar-refractivity contribution in [3.05, 3.63) is 66.4 Å². The highest BCUT2D eigenvalue weighted by Crippen LogP contribution is 2.46. The maximum atomic E-state index is 12.5. The number of rotatable bonds is 9. The molecule has 0 bridgehead atoms. The lowest BCUT2D eigenvalue weighted by molar-refractivity contribution is -0.128. The molecule has 3 aromatic rings. The van der Waals surface area contributed by atoms with Crippen LogP contribution in [-0.2, 0) is 17.8 Å². The second kappa shape index (κ2) is 11.6. The molecule has 2 fully saturated rings. The minimum Gasteiger partial charge on any atom is -0.463 e.